The third-order valence-corrected chi connectivity index (χ3v) is 3.45. The summed E-state index contributed by atoms with van der Waals surface area (Å²) >= 11 is 0. The quantitative estimate of drug-likeness (QED) is 0.802. The van der Waals surface area contributed by atoms with Crippen molar-refractivity contribution in [2.75, 3.05) is 30.4 Å². The molecule has 0 saturated heterocycles. The Balaban J connectivity index is 1.95. The first-order valence-corrected chi connectivity index (χ1v) is 6.79. The van der Waals surface area contributed by atoms with Crippen molar-refractivity contribution in [2.45, 2.75) is 38.1 Å². The van der Waals surface area contributed by atoms with E-state index >= 15 is 0 Å². The fraction of sp³-hybridized carbons (Fsp3) is 0.692. The van der Waals surface area contributed by atoms with Gasteiger partial charge in [-0.25, -0.2) is 9.97 Å². The van der Waals surface area contributed by atoms with Crippen molar-refractivity contribution in [1.29, 1.82) is 0 Å². The molecule has 18 heavy (non-hydrogen) atoms. The minimum atomic E-state index is 0.585. The molecule has 1 aromatic heterocycles. The summed E-state index contributed by atoms with van der Waals surface area (Å²) in [6.07, 6.45) is 7.76. The van der Waals surface area contributed by atoms with Crippen LogP contribution >= 0.6 is 0 Å². The van der Waals surface area contributed by atoms with Gasteiger partial charge in [-0.2, -0.15) is 0 Å². The fourth-order valence-electron chi connectivity index (χ4n) is 2.36. The molecule has 0 radical (unpaired) electrons. The van der Waals surface area contributed by atoms with Crippen LogP contribution in [0.1, 0.15) is 32.1 Å². The zero-order valence-electron chi connectivity index (χ0n) is 11.1. The van der Waals surface area contributed by atoms with Gasteiger partial charge in [0.25, 0.3) is 0 Å². The third kappa shape index (κ3) is 3.57. The van der Waals surface area contributed by atoms with Crippen LogP contribution in [0.5, 0.6) is 0 Å². The van der Waals surface area contributed by atoms with Crippen LogP contribution in [0.25, 0.3) is 0 Å². The maximum absolute atomic E-state index is 5.52. The summed E-state index contributed by atoms with van der Waals surface area (Å²) in [7, 11) is 2.04. The summed E-state index contributed by atoms with van der Waals surface area (Å²) < 4.78 is 0. The van der Waals surface area contributed by atoms with E-state index in [-0.39, 0.29) is 0 Å². The minimum Gasteiger partial charge on any atom is -0.367 e. The summed E-state index contributed by atoms with van der Waals surface area (Å²) in [4.78, 5) is 10.7. The van der Waals surface area contributed by atoms with Gasteiger partial charge in [0.15, 0.2) is 0 Å². The van der Waals surface area contributed by atoms with E-state index in [1.807, 2.05) is 13.1 Å². The first-order chi connectivity index (χ1) is 8.79. The van der Waals surface area contributed by atoms with Crippen molar-refractivity contribution in [3.05, 3.63) is 12.4 Å². The molecule has 1 fully saturated rings. The van der Waals surface area contributed by atoms with Crippen LogP contribution in [0.3, 0.4) is 0 Å². The Morgan fingerprint density at radius 1 is 1.39 bits per heavy atom. The van der Waals surface area contributed by atoms with Gasteiger partial charge in [-0.15, -0.1) is 0 Å². The zero-order chi connectivity index (χ0) is 12.8. The van der Waals surface area contributed by atoms with E-state index in [9.17, 15) is 0 Å². The van der Waals surface area contributed by atoms with Crippen LogP contribution in [0.4, 0.5) is 11.6 Å². The van der Waals surface area contributed by atoms with Crippen molar-refractivity contribution in [3.63, 3.8) is 0 Å². The number of rotatable bonds is 6. The molecule has 100 valence electrons. The van der Waals surface area contributed by atoms with E-state index in [0.29, 0.717) is 12.6 Å². The Bertz CT molecular complexity index is 362. The number of hydrogen-bond acceptors (Lipinski definition) is 5. The van der Waals surface area contributed by atoms with Crippen LogP contribution in [0, 0.1) is 0 Å². The van der Waals surface area contributed by atoms with Crippen LogP contribution in [0.2, 0.25) is 0 Å². The van der Waals surface area contributed by atoms with E-state index < -0.39 is 0 Å². The molecule has 0 atom stereocenters. The summed E-state index contributed by atoms with van der Waals surface area (Å²) in [6.45, 7) is 1.64. The molecule has 0 spiro atoms. The van der Waals surface area contributed by atoms with Crippen LogP contribution in [0.15, 0.2) is 12.4 Å². The van der Waals surface area contributed by atoms with Gasteiger partial charge in [0.2, 0.25) is 0 Å². The monoisotopic (exact) mass is 249 g/mol. The summed E-state index contributed by atoms with van der Waals surface area (Å²) in [6, 6.07) is 2.61. The highest BCUT2D eigenvalue weighted by molar-refractivity contribution is 5.48. The predicted molar refractivity (Wildman–Crippen MR) is 74.9 cm³/mol. The van der Waals surface area contributed by atoms with Gasteiger partial charge in [-0.05, 0) is 25.8 Å². The zero-order valence-corrected chi connectivity index (χ0v) is 11.1. The number of anilines is 2. The number of nitrogens with two attached hydrogens (primary N) is 1. The Labute approximate surface area is 109 Å². The third-order valence-electron chi connectivity index (χ3n) is 3.45. The average molecular weight is 249 g/mol. The smallest absolute Gasteiger partial charge is 0.133 e. The van der Waals surface area contributed by atoms with Crippen molar-refractivity contribution < 1.29 is 0 Å². The molecule has 5 nitrogen and oxygen atoms in total. The lowest BCUT2D eigenvalue weighted by Crippen LogP contribution is -2.22. The second-order valence-corrected chi connectivity index (χ2v) is 4.95. The second-order valence-electron chi connectivity index (χ2n) is 4.95. The second kappa shape index (κ2) is 6.54. The van der Waals surface area contributed by atoms with E-state index in [2.05, 4.69) is 20.2 Å². The highest BCUT2D eigenvalue weighted by Crippen LogP contribution is 2.22. The van der Waals surface area contributed by atoms with E-state index in [4.69, 9.17) is 5.73 Å². The Kier molecular flexibility index (Phi) is 4.75. The maximum atomic E-state index is 5.52. The largest absolute Gasteiger partial charge is 0.367 e. The first kappa shape index (κ1) is 13.1. The number of aromatic nitrogens is 2. The summed E-state index contributed by atoms with van der Waals surface area (Å²) in [5.74, 6) is 1.89. The van der Waals surface area contributed by atoms with Gasteiger partial charge in [0.1, 0.15) is 18.0 Å². The highest BCUT2D eigenvalue weighted by Gasteiger charge is 2.15. The molecule has 0 bridgehead atoms. The van der Waals surface area contributed by atoms with Gasteiger partial charge in [0.05, 0.1) is 0 Å². The van der Waals surface area contributed by atoms with Crippen molar-refractivity contribution in [2.24, 2.45) is 5.73 Å². The van der Waals surface area contributed by atoms with Crippen LogP contribution in [-0.2, 0) is 0 Å². The molecule has 1 aliphatic carbocycles. The Morgan fingerprint density at radius 2 is 2.17 bits per heavy atom. The lowest BCUT2D eigenvalue weighted by atomic mass is 10.2. The van der Waals surface area contributed by atoms with E-state index in [1.54, 1.807) is 6.33 Å². The Hall–Kier alpha value is -1.36. The lowest BCUT2D eigenvalue weighted by molar-refractivity contribution is 0.747. The van der Waals surface area contributed by atoms with Gasteiger partial charge < -0.3 is 16.0 Å². The average Bonchev–Trinajstić information content (AvgIpc) is 2.89. The molecule has 1 saturated carbocycles. The molecule has 1 heterocycles. The lowest BCUT2D eigenvalue weighted by Gasteiger charge is -2.19. The molecule has 0 aromatic carbocycles. The minimum absolute atomic E-state index is 0.585. The van der Waals surface area contributed by atoms with E-state index in [1.165, 1.54) is 25.7 Å². The molecule has 3 N–H and O–H groups in total. The molecule has 2 rings (SSSR count). The Morgan fingerprint density at radius 3 is 2.89 bits per heavy atom. The predicted octanol–water partition coefficient (Wildman–Crippen LogP) is 1.62. The van der Waals surface area contributed by atoms with Gasteiger partial charge in [-0.3, -0.25) is 0 Å². The van der Waals surface area contributed by atoms with Crippen molar-refractivity contribution in [1.82, 2.24) is 9.97 Å². The van der Waals surface area contributed by atoms with Crippen molar-refractivity contribution >= 4 is 11.6 Å². The SMILES string of the molecule is CN(CCCN)c1cc(NC2CCCC2)ncn1. The molecule has 0 aliphatic heterocycles. The topological polar surface area (TPSA) is 67.1 Å². The summed E-state index contributed by atoms with van der Waals surface area (Å²) in [5.41, 5.74) is 5.52. The maximum Gasteiger partial charge on any atom is 0.133 e. The van der Waals surface area contributed by atoms with Gasteiger partial charge in [-0.1, -0.05) is 12.8 Å². The standard InChI is InChI=1S/C13H23N5/c1-18(8-4-7-14)13-9-12(15-10-16-13)17-11-5-2-3-6-11/h9-11H,2-8,14H2,1H3,(H,15,16,17). The molecule has 5 heteroatoms. The van der Waals surface area contributed by atoms with E-state index in [0.717, 1.165) is 24.6 Å². The first-order valence-electron chi connectivity index (χ1n) is 6.79. The molecular formula is C13H23N5. The summed E-state index contributed by atoms with van der Waals surface area (Å²) in [5, 5.41) is 3.49. The molecule has 0 unspecified atom stereocenters. The normalized spacial score (nSPS) is 15.9. The van der Waals surface area contributed by atoms with Crippen molar-refractivity contribution in [3.8, 4) is 0 Å². The van der Waals surface area contributed by atoms with Crippen LogP contribution < -0.4 is 16.0 Å². The van der Waals surface area contributed by atoms with Crippen LogP contribution in [-0.4, -0.2) is 36.1 Å². The number of nitrogens with one attached hydrogen (secondary N) is 1. The molecule has 1 aromatic rings. The molecule has 0 amide bonds. The highest BCUT2D eigenvalue weighted by atomic mass is 15.2. The van der Waals surface area contributed by atoms with Gasteiger partial charge in [0, 0.05) is 25.7 Å². The van der Waals surface area contributed by atoms with Gasteiger partial charge >= 0.3 is 0 Å². The molecule has 1 aliphatic rings. The number of hydrogen-bond donors (Lipinski definition) is 2. The number of nitrogens with zero attached hydrogens (tertiary/aromatic N) is 3. The molecular weight excluding hydrogens is 226 g/mol. The fourth-order valence-corrected chi connectivity index (χ4v) is 2.36.